The molecular weight excluding hydrogens is 387 g/mol. The summed E-state index contributed by atoms with van der Waals surface area (Å²) in [6.45, 7) is -0.407. The highest BCUT2D eigenvalue weighted by molar-refractivity contribution is 7.92. The predicted octanol–water partition coefficient (Wildman–Crippen LogP) is 3.41. The van der Waals surface area contributed by atoms with Crippen molar-refractivity contribution in [3.05, 3.63) is 52.5 Å². The quantitative estimate of drug-likeness (QED) is 0.802. The molecule has 0 aromatic heterocycles. The SMILES string of the molecule is COc1ccc(Cl)cc1NC(=O)CN(c1ccc(Cl)cc1)S(C)(=O)=O. The standard InChI is InChI=1S/C16H16Cl2N2O4S/c1-24-15-8-5-12(18)9-14(15)19-16(21)10-20(25(2,22)23)13-6-3-11(17)4-7-13/h3-9H,10H2,1-2H3,(H,19,21). The molecule has 0 saturated heterocycles. The number of benzene rings is 2. The summed E-state index contributed by atoms with van der Waals surface area (Å²) in [5, 5.41) is 3.48. The number of sulfonamides is 1. The Morgan fingerprint density at radius 3 is 2.28 bits per heavy atom. The summed E-state index contributed by atoms with van der Waals surface area (Å²) < 4.78 is 30.2. The van der Waals surface area contributed by atoms with Crippen molar-refractivity contribution in [3.63, 3.8) is 0 Å². The number of hydrogen-bond acceptors (Lipinski definition) is 4. The van der Waals surface area contributed by atoms with Crippen LogP contribution in [0.15, 0.2) is 42.5 Å². The zero-order valence-electron chi connectivity index (χ0n) is 13.5. The van der Waals surface area contributed by atoms with E-state index in [1.54, 1.807) is 24.3 Å². The molecule has 2 aromatic rings. The van der Waals surface area contributed by atoms with Crippen molar-refractivity contribution in [2.45, 2.75) is 0 Å². The third kappa shape index (κ3) is 5.26. The molecule has 0 aliphatic heterocycles. The second-order valence-corrected chi connectivity index (χ2v) is 7.92. The van der Waals surface area contributed by atoms with Crippen LogP contribution in [0.5, 0.6) is 5.75 Å². The van der Waals surface area contributed by atoms with Gasteiger partial charge in [-0.25, -0.2) is 8.42 Å². The van der Waals surface area contributed by atoms with E-state index in [4.69, 9.17) is 27.9 Å². The van der Waals surface area contributed by atoms with E-state index in [0.29, 0.717) is 27.2 Å². The van der Waals surface area contributed by atoms with Gasteiger partial charge >= 0.3 is 0 Å². The highest BCUT2D eigenvalue weighted by Crippen LogP contribution is 2.28. The normalized spacial score (nSPS) is 11.0. The maximum atomic E-state index is 12.3. The van der Waals surface area contributed by atoms with Gasteiger partial charge in [-0.3, -0.25) is 9.10 Å². The minimum Gasteiger partial charge on any atom is -0.495 e. The van der Waals surface area contributed by atoms with Crippen LogP contribution >= 0.6 is 23.2 Å². The maximum absolute atomic E-state index is 12.3. The van der Waals surface area contributed by atoms with Gasteiger partial charge in [-0.05, 0) is 42.5 Å². The largest absolute Gasteiger partial charge is 0.495 e. The summed E-state index contributed by atoms with van der Waals surface area (Å²) in [4.78, 5) is 12.3. The molecule has 0 aliphatic carbocycles. The van der Waals surface area contributed by atoms with Gasteiger partial charge in [0.1, 0.15) is 12.3 Å². The van der Waals surface area contributed by atoms with Crippen LogP contribution in [0.4, 0.5) is 11.4 Å². The summed E-state index contributed by atoms with van der Waals surface area (Å²) in [6, 6.07) is 10.9. The summed E-state index contributed by atoms with van der Waals surface area (Å²) in [7, 11) is -2.22. The molecule has 2 aromatic carbocycles. The van der Waals surface area contributed by atoms with Crippen LogP contribution in [0.2, 0.25) is 10.0 Å². The number of rotatable bonds is 6. The fourth-order valence-corrected chi connectivity index (χ4v) is 3.26. The molecular formula is C16H16Cl2N2O4S. The Labute approximate surface area is 156 Å². The van der Waals surface area contributed by atoms with Crippen molar-refractivity contribution in [3.8, 4) is 5.75 Å². The second-order valence-electron chi connectivity index (χ2n) is 5.14. The number of carbonyl (C=O) groups is 1. The molecule has 1 N–H and O–H groups in total. The highest BCUT2D eigenvalue weighted by Gasteiger charge is 2.21. The number of halogens is 2. The lowest BCUT2D eigenvalue weighted by Crippen LogP contribution is -2.37. The van der Waals surface area contributed by atoms with Gasteiger partial charge < -0.3 is 10.1 Å². The minimum absolute atomic E-state index is 0.333. The molecule has 0 atom stereocenters. The lowest BCUT2D eigenvalue weighted by molar-refractivity contribution is -0.114. The van der Waals surface area contributed by atoms with Crippen molar-refractivity contribution in [1.29, 1.82) is 0 Å². The number of methoxy groups -OCH3 is 1. The Hall–Kier alpha value is -1.96. The van der Waals surface area contributed by atoms with Crippen LogP contribution in [-0.2, 0) is 14.8 Å². The third-order valence-corrected chi connectivity index (χ3v) is 4.87. The summed E-state index contributed by atoms with van der Waals surface area (Å²) in [6.07, 6.45) is 1.02. The van der Waals surface area contributed by atoms with Gasteiger partial charge in [0, 0.05) is 10.0 Å². The summed E-state index contributed by atoms with van der Waals surface area (Å²) >= 11 is 11.7. The number of nitrogens with zero attached hydrogens (tertiary/aromatic N) is 1. The van der Waals surface area contributed by atoms with E-state index in [-0.39, 0.29) is 0 Å². The van der Waals surface area contributed by atoms with Crippen LogP contribution < -0.4 is 14.4 Å². The third-order valence-electron chi connectivity index (χ3n) is 3.24. The number of carbonyl (C=O) groups excluding carboxylic acids is 1. The molecule has 134 valence electrons. The second kappa shape index (κ2) is 7.95. The topological polar surface area (TPSA) is 75.7 Å². The Balaban J connectivity index is 2.23. The number of anilines is 2. The zero-order chi connectivity index (χ0) is 18.6. The molecule has 0 bridgehead atoms. The molecule has 9 heteroatoms. The van der Waals surface area contributed by atoms with Gasteiger partial charge in [0.05, 0.1) is 24.7 Å². The molecule has 1 amide bonds. The molecule has 0 aliphatic rings. The Morgan fingerprint density at radius 2 is 1.72 bits per heavy atom. The molecule has 2 rings (SSSR count). The van der Waals surface area contributed by atoms with Crippen molar-refractivity contribution in [2.75, 3.05) is 29.5 Å². The van der Waals surface area contributed by atoms with Gasteiger partial charge in [0.15, 0.2) is 0 Å². The number of ether oxygens (including phenoxy) is 1. The molecule has 0 fully saturated rings. The van der Waals surface area contributed by atoms with Crippen molar-refractivity contribution in [1.82, 2.24) is 0 Å². The van der Waals surface area contributed by atoms with Crippen LogP contribution in [-0.4, -0.2) is 34.2 Å². The molecule has 6 nitrogen and oxygen atoms in total. The van der Waals surface area contributed by atoms with E-state index in [1.807, 2.05) is 0 Å². The minimum atomic E-state index is -3.67. The van der Waals surface area contributed by atoms with E-state index in [9.17, 15) is 13.2 Å². The van der Waals surface area contributed by atoms with Gasteiger partial charge in [-0.15, -0.1) is 0 Å². The van der Waals surface area contributed by atoms with Crippen LogP contribution in [0.3, 0.4) is 0 Å². The van der Waals surface area contributed by atoms with Crippen LogP contribution in [0.25, 0.3) is 0 Å². The number of amides is 1. The van der Waals surface area contributed by atoms with E-state index in [0.717, 1.165) is 10.6 Å². The van der Waals surface area contributed by atoms with Gasteiger partial charge in [0.25, 0.3) is 0 Å². The predicted molar refractivity (Wildman–Crippen MR) is 100 cm³/mol. The van der Waals surface area contributed by atoms with E-state index in [2.05, 4.69) is 5.32 Å². The molecule has 0 radical (unpaired) electrons. The van der Waals surface area contributed by atoms with Crippen LogP contribution in [0.1, 0.15) is 0 Å². The summed E-state index contributed by atoms with van der Waals surface area (Å²) in [5.41, 5.74) is 0.685. The van der Waals surface area contributed by atoms with Gasteiger partial charge in [-0.2, -0.15) is 0 Å². The Morgan fingerprint density at radius 1 is 1.12 bits per heavy atom. The Kier molecular flexibility index (Phi) is 6.16. The monoisotopic (exact) mass is 402 g/mol. The van der Waals surface area contributed by atoms with E-state index in [1.165, 1.54) is 25.3 Å². The maximum Gasteiger partial charge on any atom is 0.245 e. The lowest BCUT2D eigenvalue weighted by atomic mass is 10.3. The van der Waals surface area contributed by atoms with E-state index < -0.39 is 22.5 Å². The lowest BCUT2D eigenvalue weighted by Gasteiger charge is -2.22. The molecule has 0 saturated carbocycles. The average Bonchev–Trinajstić information content (AvgIpc) is 2.53. The molecule has 25 heavy (non-hydrogen) atoms. The van der Waals surface area contributed by atoms with E-state index >= 15 is 0 Å². The summed E-state index contributed by atoms with van der Waals surface area (Å²) in [5.74, 6) is -0.129. The first-order valence-corrected chi connectivity index (χ1v) is 9.68. The van der Waals surface area contributed by atoms with Crippen molar-refractivity contribution < 1.29 is 17.9 Å². The highest BCUT2D eigenvalue weighted by atomic mass is 35.5. The van der Waals surface area contributed by atoms with Crippen LogP contribution in [0, 0.1) is 0 Å². The smallest absolute Gasteiger partial charge is 0.245 e. The molecule has 0 spiro atoms. The van der Waals surface area contributed by atoms with Gasteiger partial charge in [-0.1, -0.05) is 23.2 Å². The molecule has 0 heterocycles. The van der Waals surface area contributed by atoms with Gasteiger partial charge in [0.2, 0.25) is 15.9 Å². The van der Waals surface area contributed by atoms with Crippen molar-refractivity contribution >= 4 is 50.5 Å². The number of hydrogen-bond donors (Lipinski definition) is 1. The first-order valence-electron chi connectivity index (χ1n) is 7.07. The average molecular weight is 403 g/mol. The fraction of sp³-hybridized carbons (Fsp3) is 0.188. The zero-order valence-corrected chi connectivity index (χ0v) is 15.8. The molecule has 0 unspecified atom stereocenters. The first-order chi connectivity index (χ1) is 11.7. The number of nitrogens with one attached hydrogen (secondary N) is 1. The fourth-order valence-electron chi connectivity index (χ4n) is 2.11. The van der Waals surface area contributed by atoms with Crippen molar-refractivity contribution in [2.24, 2.45) is 0 Å². The Bertz CT molecular complexity index is 870. The first kappa shape index (κ1) is 19.4.